The second-order valence-corrected chi connectivity index (χ2v) is 6.56. The van der Waals surface area contributed by atoms with Gasteiger partial charge in [-0.2, -0.15) is 0 Å². The highest BCUT2D eigenvalue weighted by atomic mass is 32.2. The number of amidine groups is 1. The highest BCUT2D eigenvalue weighted by molar-refractivity contribution is 8.13. The first kappa shape index (κ1) is 10.9. The molecule has 1 saturated heterocycles. The molecule has 0 spiro atoms. The molecule has 2 unspecified atom stereocenters. The van der Waals surface area contributed by atoms with Crippen molar-refractivity contribution in [2.75, 3.05) is 12.3 Å². The predicted molar refractivity (Wildman–Crippen MR) is 71.0 cm³/mol. The number of nitrogens with zero attached hydrogens (tertiary/aromatic N) is 1. The lowest BCUT2D eigenvalue weighted by atomic mass is 10.1. The number of hydrogen-bond acceptors (Lipinski definition) is 2. The van der Waals surface area contributed by atoms with Gasteiger partial charge in [0.15, 0.2) is 5.17 Å². The first-order chi connectivity index (χ1) is 7.92. The molecule has 0 radical (unpaired) electrons. The summed E-state index contributed by atoms with van der Waals surface area (Å²) in [6, 6.07) is 0.753. The molecule has 0 bridgehead atoms. The van der Waals surface area contributed by atoms with Gasteiger partial charge in [0, 0.05) is 18.3 Å². The lowest BCUT2D eigenvalue weighted by molar-refractivity contribution is 0.487. The summed E-state index contributed by atoms with van der Waals surface area (Å²) in [7, 11) is 0. The molecule has 3 heteroatoms. The van der Waals surface area contributed by atoms with Gasteiger partial charge in [0.2, 0.25) is 0 Å². The standard InChI is InChI=1S/C13H22N2S/c1-2-5-10(4-1)8-14-13-15-12-7-3-6-11(12)9-16-13/h10-12H,1-9H2,(H,14,15). The van der Waals surface area contributed by atoms with Crippen molar-refractivity contribution in [2.24, 2.45) is 16.8 Å². The van der Waals surface area contributed by atoms with E-state index in [1.165, 1.54) is 55.9 Å². The Morgan fingerprint density at radius 3 is 2.88 bits per heavy atom. The van der Waals surface area contributed by atoms with Crippen LogP contribution in [0.25, 0.3) is 0 Å². The predicted octanol–water partition coefficient (Wildman–Crippen LogP) is 3.04. The van der Waals surface area contributed by atoms with Crippen LogP contribution in [0.2, 0.25) is 0 Å². The first-order valence-electron chi connectivity index (χ1n) is 6.85. The maximum Gasteiger partial charge on any atom is 0.156 e. The van der Waals surface area contributed by atoms with Crippen LogP contribution in [0.1, 0.15) is 44.9 Å². The van der Waals surface area contributed by atoms with Crippen molar-refractivity contribution >= 4 is 16.9 Å². The van der Waals surface area contributed by atoms with E-state index in [1.54, 1.807) is 0 Å². The SMILES string of the molecule is C1CCC(CN=C2NC3CCCC3CS2)C1. The molecular weight excluding hydrogens is 216 g/mol. The van der Waals surface area contributed by atoms with Crippen molar-refractivity contribution in [3.63, 3.8) is 0 Å². The van der Waals surface area contributed by atoms with E-state index >= 15 is 0 Å². The fourth-order valence-corrected chi connectivity index (χ4v) is 4.48. The summed E-state index contributed by atoms with van der Waals surface area (Å²) < 4.78 is 0. The van der Waals surface area contributed by atoms with Crippen molar-refractivity contribution in [1.29, 1.82) is 0 Å². The van der Waals surface area contributed by atoms with Crippen LogP contribution in [0, 0.1) is 11.8 Å². The number of fused-ring (bicyclic) bond motifs is 1. The van der Waals surface area contributed by atoms with Gasteiger partial charge in [0.05, 0.1) is 0 Å². The highest BCUT2D eigenvalue weighted by Crippen LogP contribution is 2.33. The summed E-state index contributed by atoms with van der Waals surface area (Å²) in [4.78, 5) is 4.79. The summed E-state index contributed by atoms with van der Waals surface area (Å²) >= 11 is 1.96. The van der Waals surface area contributed by atoms with Crippen LogP contribution in [-0.4, -0.2) is 23.5 Å². The van der Waals surface area contributed by atoms with E-state index in [1.807, 2.05) is 11.8 Å². The molecule has 3 rings (SSSR count). The Hall–Kier alpha value is -0.180. The van der Waals surface area contributed by atoms with Gasteiger partial charge in [-0.05, 0) is 37.5 Å². The first-order valence-corrected chi connectivity index (χ1v) is 7.84. The summed E-state index contributed by atoms with van der Waals surface area (Å²) in [6.07, 6.45) is 9.90. The molecule has 90 valence electrons. The molecule has 1 aliphatic heterocycles. The van der Waals surface area contributed by atoms with Crippen LogP contribution >= 0.6 is 11.8 Å². The smallest absolute Gasteiger partial charge is 0.156 e. The normalized spacial score (nSPS) is 37.6. The Morgan fingerprint density at radius 1 is 1.12 bits per heavy atom. The molecule has 3 aliphatic rings. The van der Waals surface area contributed by atoms with Gasteiger partial charge >= 0.3 is 0 Å². The molecule has 1 N–H and O–H groups in total. The van der Waals surface area contributed by atoms with Crippen molar-refractivity contribution in [3.8, 4) is 0 Å². The van der Waals surface area contributed by atoms with E-state index in [9.17, 15) is 0 Å². The number of hydrogen-bond donors (Lipinski definition) is 1. The van der Waals surface area contributed by atoms with Crippen LogP contribution in [0.4, 0.5) is 0 Å². The van der Waals surface area contributed by atoms with Crippen LogP contribution in [0.15, 0.2) is 4.99 Å². The van der Waals surface area contributed by atoms with E-state index in [2.05, 4.69) is 5.32 Å². The molecular formula is C13H22N2S. The maximum atomic E-state index is 4.79. The van der Waals surface area contributed by atoms with Crippen molar-refractivity contribution < 1.29 is 0 Å². The van der Waals surface area contributed by atoms with Gasteiger partial charge < -0.3 is 5.32 Å². The zero-order chi connectivity index (χ0) is 10.8. The number of aliphatic imine (C=N–C) groups is 1. The molecule has 2 nitrogen and oxygen atoms in total. The third kappa shape index (κ3) is 2.39. The summed E-state index contributed by atoms with van der Waals surface area (Å²) in [5.74, 6) is 3.12. The van der Waals surface area contributed by atoms with E-state index in [-0.39, 0.29) is 0 Å². The fraction of sp³-hybridized carbons (Fsp3) is 0.923. The monoisotopic (exact) mass is 238 g/mol. The molecule has 0 aromatic rings. The molecule has 2 aliphatic carbocycles. The molecule has 16 heavy (non-hydrogen) atoms. The van der Waals surface area contributed by atoms with E-state index < -0.39 is 0 Å². The van der Waals surface area contributed by atoms with E-state index in [0.29, 0.717) is 0 Å². The summed E-state index contributed by atoms with van der Waals surface area (Å²) in [5, 5.41) is 4.90. The second kappa shape index (κ2) is 4.99. The fourth-order valence-electron chi connectivity index (χ4n) is 3.31. The van der Waals surface area contributed by atoms with Crippen LogP contribution in [0.5, 0.6) is 0 Å². The lowest BCUT2D eigenvalue weighted by Gasteiger charge is -2.28. The van der Waals surface area contributed by atoms with Gasteiger partial charge in [0.25, 0.3) is 0 Å². The Balaban J connectivity index is 1.52. The molecule has 0 aromatic carbocycles. The second-order valence-electron chi connectivity index (χ2n) is 5.55. The molecule has 0 amide bonds. The number of nitrogens with one attached hydrogen (secondary N) is 1. The van der Waals surface area contributed by atoms with Crippen LogP contribution in [0.3, 0.4) is 0 Å². The Morgan fingerprint density at radius 2 is 2.00 bits per heavy atom. The largest absolute Gasteiger partial charge is 0.362 e. The average molecular weight is 238 g/mol. The Kier molecular flexibility index (Phi) is 3.41. The quantitative estimate of drug-likeness (QED) is 0.799. The summed E-state index contributed by atoms with van der Waals surface area (Å²) in [5.41, 5.74) is 0. The Labute approximate surface area is 103 Å². The minimum Gasteiger partial charge on any atom is -0.362 e. The van der Waals surface area contributed by atoms with Crippen LogP contribution < -0.4 is 5.32 Å². The number of rotatable bonds is 2. The average Bonchev–Trinajstić information content (AvgIpc) is 2.97. The molecule has 2 atom stereocenters. The highest BCUT2D eigenvalue weighted by Gasteiger charge is 2.32. The van der Waals surface area contributed by atoms with Crippen LogP contribution in [-0.2, 0) is 0 Å². The van der Waals surface area contributed by atoms with E-state index in [0.717, 1.165) is 24.4 Å². The molecule has 2 saturated carbocycles. The summed E-state index contributed by atoms with van der Waals surface area (Å²) in [6.45, 7) is 1.08. The zero-order valence-corrected chi connectivity index (χ0v) is 10.8. The zero-order valence-electron chi connectivity index (χ0n) is 9.95. The number of thioether (sulfide) groups is 1. The van der Waals surface area contributed by atoms with Gasteiger partial charge in [-0.3, -0.25) is 4.99 Å². The third-order valence-corrected chi connectivity index (χ3v) is 5.49. The molecule has 3 fully saturated rings. The van der Waals surface area contributed by atoms with E-state index in [4.69, 9.17) is 4.99 Å². The minimum atomic E-state index is 0.753. The molecule has 0 aromatic heterocycles. The lowest BCUT2D eigenvalue weighted by Crippen LogP contribution is -2.41. The van der Waals surface area contributed by atoms with Gasteiger partial charge in [-0.25, -0.2) is 0 Å². The third-order valence-electron chi connectivity index (χ3n) is 4.37. The maximum absolute atomic E-state index is 4.79. The van der Waals surface area contributed by atoms with Gasteiger partial charge in [0.1, 0.15) is 0 Å². The topological polar surface area (TPSA) is 24.4 Å². The van der Waals surface area contributed by atoms with Crippen molar-refractivity contribution in [2.45, 2.75) is 51.0 Å². The minimum absolute atomic E-state index is 0.753. The van der Waals surface area contributed by atoms with Gasteiger partial charge in [-0.1, -0.05) is 31.0 Å². The van der Waals surface area contributed by atoms with Gasteiger partial charge in [-0.15, -0.1) is 0 Å². The van der Waals surface area contributed by atoms with Crippen molar-refractivity contribution in [1.82, 2.24) is 5.32 Å². The Bertz CT molecular complexity index is 271. The van der Waals surface area contributed by atoms with Crippen molar-refractivity contribution in [3.05, 3.63) is 0 Å². The molecule has 1 heterocycles.